The molecule has 1 heterocycles. The van der Waals surface area contributed by atoms with Crippen LogP contribution < -0.4 is 11.5 Å². The predicted molar refractivity (Wildman–Crippen MR) is 92.4 cm³/mol. The van der Waals surface area contributed by atoms with Gasteiger partial charge in [0.1, 0.15) is 17.3 Å². The zero-order chi connectivity index (χ0) is 18.0. The van der Waals surface area contributed by atoms with Crippen LogP contribution in [0.5, 0.6) is 0 Å². The molecule has 1 saturated carbocycles. The number of nitrogens with two attached hydrogens (primary N) is 2. The van der Waals surface area contributed by atoms with Gasteiger partial charge in [-0.25, -0.2) is 14.4 Å². The van der Waals surface area contributed by atoms with E-state index >= 15 is 0 Å². The molecule has 132 valence electrons. The Morgan fingerprint density at radius 2 is 2.00 bits per heavy atom. The first-order valence-electron chi connectivity index (χ1n) is 8.24. The summed E-state index contributed by atoms with van der Waals surface area (Å²) in [7, 11) is 1.73. The third-order valence-corrected chi connectivity index (χ3v) is 4.75. The largest absolute Gasteiger partial charge is 0.382 e. The van der Waals surface area contributed by atoms with Gasteiger partial charge >= 0.3 is 0 Å². The van der Waals surface area contributed by atoms with Crippen molar-refractivity contribution in [2.45, 2.75) is 37.7 Å². The highest BCUT2D eigenvalue weighted by molar-refractivity contribution is 5.93. The second-order valence-electron chi connectivity index (χ2n) is 6.30. The van der Waals surface area contributed by atoms with Gasteiger partial charge in [0.2, 0.25) is 0 Å². The van der Waals surface area contributed by atoms with Crippen LogP contribution >= 0.6 is 0 Å². The van der Waals surface area contributed by atoms with E-state index in [4.69, 9.17) is 16.2 Å². The summed E-state index contributed by atoms with van der Waals surface area (Å²) in [5.74, 6) is -1.00. The summed E-state index contributed by atoms with van der Waals surface area (Å²) in [6.45, 7) is 0. The lowest BCUT2D eigenvalue weighted by molar-refractivity contribution is 0.0655. The Kier molecular flexibility index (Phi) is 4.94. The summed E-state index contributed by atoms with van der Waals surface area (Å²) in [4.78, 5) is 20.0. The Labute approximate surface area is 145 Å². The molecule has 0 radical (unpaired) electrons. The molecular formula is C18H21FN4O2. The van der Waals surface area contributed by atoms with Gasteiger partial charge in [-0.1, -0.05) is 6.07 Å². The van der Waals surface area contributed by atoms with Crippen LogP contribution in [0.4, 0.5) is 10.2 Å². The van der Waals surface area contributed by atoms with Gasteiger partial charge in [-0.3, -0.25) is 4.79 Å². The van der Waals surface area contributed by atoms with Crippen molar-refractivity contribution in [2.75, 3.05) is 12.8 Å². The van der Waals surface area contributed by atoms with Gasteiger partial charge in [0, 0.05) is 18.6 Å². The van der Waals surface area contributed by atoms with Crippen molar-refractivity contribution in [2.24, 2.45) is 5.73 Å². The lowest BCUT2D eigenvalue weighted by Gasteiger charge is -2.27. The van der Waals surface area contributed by atoms with Gasteiger partial charge in [-0.2, -0.15) is 0 Å². The molecule has 3 rings (SSSR count). The van der Waals surface area contributed by atoms with Crippen LogP contribution in [-0.4, -0.2) is 29.1 Å². The molecule has 1 aliphatic carbocycles. The van der Waals surface area contributed by atoms with Crippen molar-refractivity contribution < 1.29 is 13.9 Å². The van der Waals surface area contributed by atoms with Crippen LogP contribution in [0.3, 0.4) is 0 Å². The lowest BCUT2D eigenvalue weighted by Crippen LogP contribution is -2.20. The Bertz CT molecular complexity index is 789. The number of primary amides is 1. The SMILES string of the molecule is COC1CCC(c2cnc(N)c(-c3ccc(C(N)=O)c(F)c3)n2)CC1. The van der Waals surface area contributed by atoms with Crippen molar-refractivity contribution in [1.29, 1.82) is 0 Å². The maximum Gasteiger partial charge on any atom is 0.251 e. The van der Waals surface area contributed by atoms with Crippen LogP contribution in [0.25, 0.3) is 11.3 Å². The van der Waals surface area contributed by atoms with E-state index in [1.54, 1.807) is 19.4 Å². The number of carbonyl (C=O) groups is 1. The lowest BCUT2D eigenvalue weighted by atomic mass is 9.85. The zero-order valence-electron chi connectivity index (χ0n) is 14.0. The molecule has 6 nitrogen and oxygen atoms in total. The third kappa shape index (κ3) is 3.61. The minimum Gasteiger partial charge on any atom is -0.382 e. The number of aromatic nitrogens is 2. The van der Waals surface area contributed by atoms with Gasteiger partial charge in [-0.05, 0) is 37.8 Å². The average molecular weight is 344 g/mol. The normalized spacial score (nSPS) is 20.4. The number of rotatable bonds is 4. The molecule has 0 saturated heterocycles. The fourth-order valence-corrected chi connectivity index (χ4v) is 3.28. The summed E-state index contributed by atoms with van der Waals surface area (Å²) in [5.41, 5.74) is 12.6. The van der Waals surface area contributed by atoms with E-state index in [0.29, 0.717) is 17.4 Å². The Hall–Kier alpha value is -2.54. The summed E-state index contributed by atoms with van der Waals surface area (Å²) in [6.07, 6.45) is 5.87. The monoisotopic (exact) mass is 344 g/mol. The topological polar surface area (TPSA) is 104 Å². The van der Waals surface area contributed by atoms with Crippen molar-refractivity contribution in [3.63, 3.8) is 0 Å². The summed E-state index contributed by atoms with van der Waals surface area (Å²) < 4.78 is 19.4. The minimum atomic E-state index is -0.813. The number of carbonyl (C=O) groups excluding carboxylic acids is 1. The van der Waals surface area contributed by atoms with Gasteiger partial charge < -0.3 is 16.2 Å². The van der Waals surface area contributed by atoms with Gasteiger partial charge in [0.25, 0.3) is 5.91 Å². The molecule has 1 amide bonds. The van der Waals surface area contributed by atoms with Crippen LogP contribution in [0.1, 0.15) is 47.7 Å². The number of halogens is 1. The summed E-state index contributed by atoms with van der Waals surface area (Å²) in [5, 5.41) is 0. The van der Waals surface area contributed by atoms with E-state index in [1.807, 2.05) is 0 Å². The Morgan fingerprint density at radius 3 is 2.60 bits per heavy atom. The van der Waals surface area contributed by atoms with Crippen LogP contribution in [0.2, 0.25) is 0 Å². The minimum absolute atomic E-state index is 0.163. The summed E-state index contributed by atoms with van der Waals surface area (Å²) >= 11 is 0. The number of amides is 1. The number of hydrogen-bond acceptors (Lipinski definition) is 5. The molecule has 1 aromatic carbocycles. The van der Waals surface area contributed by atoms with E-state index < -0.39 is 11.7 Å². The first kappa shape index (κ1) is 17.3. The Morgan fingerprint density at radius 1 is 1.28 bits per heavy atom. The molecule has 25 heavy (non-hydrogen) atoms. The van der Waals surface area contributed by atoms with Crippen LogP contribution in [0, 0.1) is 5.82 Å². The fourth-order valence-electron chi connectivity index (χ4n) is 3.28. The maximum absolute atomic E-state index is 14.1. The average Bonchev–Trinajstić information content (AvgIpc) is 2.62. The maximum atomic E-state index is 14.1. The highest BCUT2D eigenvalue weighted by Gasteiger charge is 2.24. The highest BCUT2D eigenvalue weighted by Crippen LogP contribution is 2.34. The van der Waals surface area contributed by atoms with E-state index in [0.717, 1.165) is 31.4 Å². The second kappa shape index (κ2) is 7.14. The second-order valence-corrected chi connectivity index (χ2v) is 6.30. The van der Waals surface area contributed by atoms with Crippen LogP contribution in [0.15, 0.2) is 24.4 Å². The number of anilines is 1. The fraction of sp³-hybridized carbons (Fsp3) is 0.389. The number of hydrogen-bond donors (Lipinski definition) is 2. The molecule has 4 N–H and O–H groups in total. The number of ether oxygens (including phenoxy) is 1. The molecule has 2 aromatic rings. The van der Waals surface area contributed by atoms with Crippen molar-refractivity contribution in [3.05, 3.63) is 41.5 Å². The van der Waals surface area contributed by atoms with Crippen LogP contribution in [-0.2, 0) is 4.74 Å². The van der Waals surface area contributed by atoms with E-state index in [9.17, 15) is 9.18 Å². The van der Waals surface area contributed by atoms with Crippen molar-refractivity contribution in [1.82, 2.24) is 9.97 Å². The molecule has 1 aliphatic rings. The van der Waals surface area contributed by atoms with E-state index in [2.05, 4.69) is 9.97 Å². The molecule has 0 atom stereocenters. The standard InChI is InChI=1S/C18H21FN4O2/c1-25-12-5-2-10(3-6-12)15-9-22-17(20)16(23-15)11-4-7-13(18(21)24)14(19)8-11/h4,7-10,12H,2-3,5-6H2,1H3,(H2,20,22)(H2,21,24). The number of methoxy groups -OCH3 is 1. The van der Waals surface area contributed by atoms with Crippen molar-refractivity contribution >= 4 is 11.7 Å². The molecular weight excluding hydrogens is 323 g/mol. The number of nitrogens with zero attached hydrogens (tertiary/aromatic N) is 2. The molecule has 0 spiro atoms. The smallest absolute Gasteiger partial charge is 0.251 e. The molecule has 7 heteroatoms. The highest BCUT2D eigenvalue weighted by atomic mass is 19.1. The molecule has 1 aromatic heterocycles. The van der Waals surface area contributed by atoms with Gasteiger partial charge in [0.15, 0.2) is 0 Å². The van der Waals surface area contributed by atoms with E-state index in [-0.39, 0.29) is 17.3 Å². The molecule has 0 aliphatic heterocycles. The first-order valence-corrected chi connectivity index (χ1v) is 8.24. The Balaban J connectivity index is 1.90. The summed E-state index contributed by atoms with van der Waals surface area (Å²) in [6, 6.07) is 4.13. The quantitative estimate of drug-likeness (QED) is 0.887. The van der Waals surface area contributed by atoms with Gasteiger partial charge in [0.05, 0.1) is 23.6 Å². The third-order valence-electron chi connectivity index (χ3n) is 4.75. The molecule has 0 bridgehead atoms. The molecule has 1 fully saturated rings. The first-order chi connectivity index (χ1) is 12.0. The molecule has 0 unspecified atom stereocenters. The number of benzene rings is 1. The van der Waals surface area contributed by atoms with Gasteiger partial charge in [-0.15, -0.1) is 0 Å². The zero-order valence-corrected chi connectivity index (χ0v) is 14.0. The number of nitrogen functional groups attached to an aromatic ring is 1. The van der Waals surface area contributed by atoms with Crippen molar-refractivity contribution in [3.8, 4) is 11.3 Å². The predicted octanol–water partition coefficient (Wildman–Crippen LogP) is 2.64. The van der Waals surface area contributed by atoms with E-state index in [1.165, 1.54) is 12.1 Å².